The molecular formula is C23H24ClN5O2. The SMILES string of the molecule is Cc1cc(-c2nc(CN3CCNCC3)no2)cc2cn(Cc3ccc(Cl)cc3)c(O)c12. The summed E-state index contributed by atoms with van der Waals surface area (Å²) in [4.78, 5) is 6.92. The van der Waals surface area contributed by atoms with Crippen LogP contribution in [0.25, 0.3) is 22.2 Å². The normalized spacial score (nSPS) is 15.0. The van der Waals surface area contributed by atoms with Crippen LogP contribution in [0.2, 0.25) is 5.02 Å². The van der Waals surface area contributed by atoms with Gasteiger partial charge in [0.05, 0.1) is 13.1 Å². The molecule has 2 N–H and O–H groups in total. The Kier molecular flexibility index (Phi) is 5.40. The Labute approximate surface area is 185 Å². The molecule has 1 aliphatic heterocycles. The number of nitrogens with one attached hydrogen (secondary N) is 1. The van der Waals surface area contributed by atoms with Gasteiger partial charge in [-0.15, -0.1) is 0 Å². The number of hydrogen-bond acceptors (Lipinski definition) is 6. The molecule has 0 radical (unpaired) electrons. The molecule has 5 rings (SSSR count). The number of halogens is 1. The van der Waals surface area contributed by atoms with Gasteiger partial charge in [-0.25, -0.2) is 0 Å². The molecule has 0 spiro atoms. The number of piperazine rings is 1. The fourth-order valence-corrected chi connectivity index (χ4v) is 4.26. The summed E-state index contributed by atoms with van der Waals surface area (Å²) in [6.45, 7) is 7.15. The molecule has 1 aliphatic rings. The highest BCUT2D eigenvalue weighted by atomic mass is 35.5. The van der Waals surface area contributed by atoms with E-state index in [1.165, 1.54) is 0 Å². The lowest BCUT2D eigenvalue weighted by atomic mass is 10.1. The van der Waals surface area contributed by atoms with Gasteiger partial charge in [-0.3, -0.25) is 4.90 Å². The van der Waals surface area contributed by atoms with Gasteiger partial charge in [-0.05, 0) is 42.3 Å². The van der Waals surface area contributed by atoms with Gasteiger partial charge in [-0.1, -0.05) is 28.9 Å². The highest BCUT2D eigenvalue weighted by molar-refractivity contribution is 6.30. The van der Waals surface area contributed by atoms with Crippen LogP contribution in [0.4, 0.5) is 0 Å². The predicted octanol–water partition coefficient (Wildman–Crippen LogP) is 3.81. The summed E-state index contributed by atoms with van der Waals surface area (Å²) in [6, 6.07) is 11.6. The molecule has 31 heavy (non-hydrogen) atoms. The fourth-order valence-electron chi connectivity index (χ4n) is 4.13. The molecule has 2 aromatic carbocycles. The van der Waals surface area contributed by atoms with Gasteiger partial charge >= 0.3 is 0 Å². The van der Waals surface area contributed by atoms with Gasteiger partial charge in [0.2, 0.25) is 0 Å². The Morgan fingerprint density at radius 2 is 1.90 bits per heavy atom. The minimum Gasteiger partial charge on any atom is -0.494 e. The molecular weight excluding hydrogens is 414 g/mol. The number of nitrogens with zero attached hydrogens (tertiary/aromatic N) is 4. The fraction of sp³-hybridized carbons (Fsp3) is 0.304. The molecule has 0 saturated carbocycles. The smallest absolute Gasteiger partial charge is 0.258 e. The molecule has 4 aromatic rings. The third-order valence-electron chi connectivity index (χ3n) is 5.71. The van der Waals surface area contributed by atoms with Crippen molar-refractivity contribution in [2.75, 3.05) is 26.2 Å². The van der Waals surface area contributed by atoms with Crippen molar-refractivity contribution in [3.63, 3.8) is 0 Å². The molecule has 0 aliphatic carbocycles. The van der Waals surface area contributed by atoms with Gasteiger partial charge in [0.1, 0.15) is 0 Å². The van der Waals surface area contributed by atoms with Crippen molar-refractivity contribution < 1.29 is 9.63 Å². The summed E-state index contributed by atoms with van der Waals surface area (Å²) < 4.78 is 7.40. The van der Waals surface area contributed by atoms with E-state index in [1.54, 1.807) is 0 Å². The maximum Gasteiger partial charge on any atom is 0.258 e. The Morgan fingerprint density at radius 1 is 1.13 bits per heavy atom. The summed E-state index contributed by atoms with van der Waals surface area (Å²) in [5.74, 6) is 1.44. The number of rotatable bonds is 5. The van der Waals surface area contributed by atoms with E-state index in [1.807, 2.05) is 54.1 Å². The Morgan fingerprint density at radius 3 is 2.68 bits per heavy atom. The van der Waals surface area contributed by atoms with Crippen molar-refractivity contribution in [2.24, 2.45) is 0 Å². The summed E-state index contributed by atoms with van der Waals surface area (Å²) in [5, 5.41) is 20.8. The average Bonchev–Trinajstić information content (AvgIpc) is 3.35. The molecule has 7 nitrogen and oxygen atoms in total. The van der Waals surface area contributed by atoms with Gasteiger partial charge < -0.3 is 19.5 Å². The zero-order chi connectivity index (χ0) is 21.4. The second kappa shape index (κ2) is 8.34. The van der Waals surface area contributed by atoms with Crippen molar-refractivity contribution in [2.45, 2.75) is 20.0 Å². The molecule has 1 fully saturated rings. The molecule has 0 unspecified atom stereocenters. The van der Waals surface area contributed by atoms with Crippen LogP contribution in [-0.4, -0.2) is 50.9 Å². The standard InChI is InChI=1S/C23H24ClN5O2/c1-15-10-17(22-26-20(27-31-22)14-28-8-6-25-7-9-28)11-18-13-29(23(30)21(15)18)12-16-2-4-19(24)5-3-16/h2-5,10-11,13,25,30H,6-9,12,14H2,1H3. The van der Waals surface area contributed by atoms with Gasteiger partial charge in [0, 0.05) is 53.7 Å². The van der Waals surface area contributed by atoms with Crippen molar-refractivity contribution in [3.8, 4) is 17.3 Å². The average molecular weight is 438 g/mol. The summed E-state index contributed by atoms with van der Waals surface area (Å²) in [7, 11) is 0. The van der Waals surface area contributed by atoms with Crippen molar-refractivity contribution in [1.82, 2.24) is 24.9 Å². The summed E-state index contributed by atoms with van der Waals surface area (Å²) >= 11 is 5.98. The lowest BCUT2D eigenvalue weighted by Gasteiger charge is -2.25. The van der Waals surface area contributed by atoms with E-state index in [0.717, 1.165) is 53.6 Å². The molecule has 1 saturated heterocycles. The molecule has 160 valence electrons. The van der Waals surface area contributed by atoms with Crippen LogP contribution in [0.1, 0.15) is 17.0 Å². The number of fused-ring (bicyclic) bond motifs is 1. The minimum absolute atomic E-state index is 0.249. The van der Waals surface area contributed by atoms with Crippen LogP contribution >= 0.6 is 11.6 Å². The van der Waals surface area contributed by atoms with Crippen LogP contribution in [0.3, 0.4) is 0 Å². The maximum atomic E-state index is 10.8. The van der Waals surface area contributed by atoms with E-state index in [-0.39, 0.29) is 5.88 Å². The van der Waals surface area contributed by atoms with Crippen molar-refractivity contribution >= 4 is 22.4 Å². The Hall–Kier alpha value is -2.87. The first kappa shape index (κ1) is 20.1. The summed E-state index contributed by atoms with van der Waals surface area (Å²) in [6.07, 6.45) is 1.95. The molecule has 2 aromatic heterocycles. The number of benzene rings is 2. The Balaban J connectivity index is 1.42. The number of hydrogen-bond donors (Lipinski definition) is 2. The lowest BCUT2D eigenvalue weighted by molar-refractivity contribution is 0.225. The van der Waals surface area contributed by atoms with E-state index >= 15 is 0 Å². The predicted molar refractivity (Wildman–Crippen MR) is 120 cm³/mol. The van der Waals surface area contributed by atoms with E-state index in [4.69, 9.17) is 16.1 Å². The quantitative estimate of drug-likeness (QED) is 0.494. The first-order valence-corrected chi connectivity index (χ1v) is 10.8. The summed E-state index contributed by atoms with van der Waals surface area (Å²) in [5.41, 5.74) is 2.88. The lowest BCUT2D eigenvalue weighted by Crippen LogP contribution is -2.43. The minimum atomic E-state index is 0.249. The topological polar surface area (TPSA) is 79.4 Å². The van der Waals surface area contributed by atoms with Gasteiger partial charge in [0.25, 0.3) is 5.89 Å². The van der Waals surface area contributed by atoms with Crippen LogP contribution in [0.15, 0.2) is 47.1 Å². The first-order chi connectivity index (χ1) is 15.1. The van der Waals surface area contributed by atoms with Gasteiger partial charge in [0.15, 0.2) is 11.7 Å². The molecule has 0 amide bonds. The molecule has 8 heteroatoms. The van der Waals surface area contributed by atoms with Crippen LogP contribution in [-0.2, 0) is 13.1 Å². The highest BCUT2D eigenvalue weighted by Gasteiger charge is 2.18. The van der Waals surface area contributed by atoms with E-state index in [9.17, 15) is 5.11 Å². The maximum absolute atomic E-state index is 10.8. The third kappa shape index (κ3) is 4.17. The second-order valence-corrected chi connectivity index (χ2v) is 8.44. The zero-order valence-electron chi connectivity index (χ0n) is 17.3. The number of aryl methyl sites for hydroxylation is 1. The van der Waals surface area contributed by atoms with Gasteiger partial charge in [-0.2, -0.15) is 4.98 Å². The largest absolute Gasteiger partial charge is 0.494 e. The number of aromatic hydroxyl groups is 1. The van der Waals surface area contributed by atoms with E-state index in [0.29, 0.717) is 29.8 Å². The third-order valence-corrected chi connectivity index (χ3v) is 5.96. The second-order valence-electron chi connectivity index (χ2n) is 8.01. The molecule has 0 atom stereocenters. The first-order valence-electron chi connectivity index (χ1n) is 10.4. The number of aromatic nitrogens is 3. The van der Waals surface area contributed by atoms with Crippen molar-refractivity contribution in [1.29, 1.82) is 0 Å². The van der Waals surface area contributed by atoms with Crippen LogP contribution < -0.4 is 5.32 Å². The van der Waals surface area contributed by atoms with Crippen LogP contribution in [0.5, 0.6) is 5.88 Å². The molecule has 0 bridgehead atoms. The van der Waals surface area contributed by atoms with E-state index in [2.05, 4.69) is 20.4 Å². The zero-order valence-corrected chi connectivity index (χ0v) is 18.1. The van der Waals surface area contributed by atoms with Crippen LogP contribution in [0, 0.1) is 6.92 Å². The highest BCUT2D eigenvalue weighted by Crippen LogP contribution is 2.34. The monoisotopic (exact) mass is 437 g/mol. The van der Waals surface area contributed by atoms with E-state index < -0.39 is 0 Å². The van der Waals surface area contributed by atoms with Crippen molar-refractivity contribution in [3.05, 3.63) is 64.6 Å². The molecule has 3 heterocycles. The Bertz CT molecular complexity index is 1210.